The average Bonchev–Trinajstić information content (AvgIpc) is 3.29. The maximum Gasteiger partial charge on any atom is 0.233 e. The second-order valence-corrected chi connectivity index (χ2v) is 6.06. The topological polar surface area (TPSA) is 112 Å². The Morgan fingerprint density at radius 1 is 1.40 bits per heavy atom. The Morgan fingerprint density at radius 2 is 2.20 bits per heavy atom. The van der Waals surface area contributed by atoms with E-state index < -0.39 is 0 Å². The Balaban J connectivity index is 0.000000225. The minimum absolute atomic E-state index is 0.0451. The first kappa shape index (κ1) is 16.9. The molecule has 0 atom stereocenters. The number of carbonyl (C=O) groups is 1. The van der Waals surface area contributed by atoms with Crippen LogP contribution in [0.1, 0.15) is 50.3 Å². The van der Waals surface area contributed by atoms with Crippen molar-refractivity contribution in [1.29, 1.82) is 5.26 Å². The van der Waals surface area contributed by atoms with Crippen LogP contribution in [-0.2, 0) is 4.79 Å². The van der Waals surface area contributed by atoms with E-state index in [2.05, 4.69) is 29.9 Å². The lowest BCUT2D eigenvalue weighted by Crippen LogP contribution is -2.15. The van der Waals surface area contributed by atoms with Crippen molar-refractivity contribution >= 4 is 22.7 Å². The van der Waals surface area contributed by atoms with Crippen LogP contribution in [0.15, 0.2) is 18.5 Å². The van der Waals surface area contributed by atoms with Gasteiger partial charge in [-0.05, 0) is 18.9 Å². The highest BCUT2D eigenvalue weighted by molar-refractivity contribution is 5.77. The van der Waals surface area contributed by atoms with Gasteiger partial charge < -0.3 is 10.3 Å². The lowest BCUT2D eigenvalue weighted by atomic mass is 9.89. The highest BCUT2D eigenvalue weighted by Crippen LogP contribution is 2.32. The monoisotopic (exact) mass is 339 g/mol. The third kappa shape index (κ3) is 3.60. The molecule has 1 amide bonds. The van der Waals surface area contributed by atoms with Crippen LogP contribution < -0.4 is 5.32 Å². The van der Waals surface area contributed by atoms with Gasteiger partial charge in [0.05, 0.1) is 17.8 Å². The fraction of sp³-hybridized carbons (Fsp3) is 0.471. The van der Waals surface area contributed by atoms with Crippen molar-refractivity contribution in [3.05, 3.63) is 24.3 Å². The Morgan fingerprint density at radius 3 is 2.88 bits per heavy atom. The molecule has 3 aromatic heterocycles. The minimum atomic E-state index is -0.234. The number of amides is 1. The number of carbonyl (C=O) groups excluding carboxylic acids is 1. The Hall–Kier alpha value is -2.95. The summed E-state index contributed by atoms with van der Waals surface area (Å²) in [6.45, 7) is 0. The zero-order valence-electron chi connectivity index (χ0n) is 14.2. The van der Waals surface area contributed by atoms with E-state index in [1.165, 1.54) is 39.2 Å². The number of rotatable bonds is 2. The Bertz CT molecular complexity index is 899. The molecule has 2 N–H and O–H groups in total. The summed E-state index contributed by atoms with van der Waals surface area (Å²) in [6.07, 6.45) is 10.1. The highest BCUT2D eigenvalue weighted by Gasteiger charge is 2.22. The molecule has 1 fully saturated rings. The number of nitriles is 1. The van der Waals surface area contributed by atoms with Crippen LogP contribution in [0.25, 0.3) is 16.8 Å². The van der Waals surface area contributed by atoms with Gasteiger partial charge >= 0.3 is 0 Å². The molecular weight excluding hydrogens is 318 g/mol. The summed E-state index contributed by atoms with van der Waals surface area (Å²) in [5, 5.41) is 18.8. The van der Waals surface area contributed by atoms with Crippen molar-refractivity contribution in [2.24, 2.45) is 0 Å². The SMILES string of the molecule is CNC(=O)CC#N.c1cc2c(ncc3nnc(C4CCCCC4)n32)[nH]1. The molecule has 8 nitrogen and oxygen atoms in total. The number of fused-ring (bicyclic) bond motifs is 3. The number of nitrogens with one attached hydrogen (secondary N) is 2. The molecule has 1 aliphatic rings. The average molecular weight is 339 g/mol. The van der Waals surface area contributed by atoms with Crippen molar-refractivity contribution in [3.63, 3.8) is 0 Å². The van der Waals surface area contributed by atoms with Gasteiger partial charge in [-0.2, -0.15) is 5.26 Å². The number of H-pyrrole nitrogens is 1. The zero-order chi connectivity index (χ0) is 17.6. The quantitative estimate of drug-likeness (QED) is 0.744. The van der Waals surface area contributed by atoms with E-state index >= 15 is 0 Å². The number of nitrogens with zero attached hydrogens (tertiary/aromatic N) is 5. The van der Waals surface area contributed by atoms with Crippen molar-refractivity contribution in [3.8, 4) is 6.07 Å². The molecular formula is C17H21N7O. The molecule has 4 rings (SSSR count). The maximum absolute atomic E-state index is 10.1. The molecule has 1 saturated carbocycles. The van der Waals surface area contributed by atoms with Crippen molar-refractivity contribution in [2.75, 3.05) is 7.05 Å². The van der Waals surface area contributed by atoms with Gasteiger partial charge in [-0.15, -0.1) is 10.2 Å². The van der Waals surface area contributed by atoms with Crippen LogP contribution in [0.5, 0.6) is 0 Å². The standard InChI is InChI=1S/C13H15N5.C4H6N2O/c1-2-4-9(5-3-1)13-17-16-11-8-15-12-10(18(11)13)6-7-14-12;1-6-4(7)2-3-5/h6-9,14H,1-5H2;2H2,1H3,(H,6,7). The van der Waals surface area contributed by atoms with Crippen LogP contribution in [0.4, 0.5) is 0 Å². The zero-order valence-corrected chi connectivity index (χ0v) is 14.2. The molecule has 0 bridgehead atoms. The highest BCUT2D eigenvalue weighted by atomic mass is 16.1. The van der Waals surface area contributed by atoms with E-state index in [0.717, 1.165) is 22.6 Å². The van der Waals surface area contributed by atoms with Crippen molar-refractivity contribution in [2.45, 2.75) is 44.4 Å². The van der Waals surface area contributed by atoms with E-state index in [-0.39, 0.29) is 12.3 Å². The largest absolute Gasteiger partial charge is 0.358 e. The van der Waals surface area contributed by atoms with Crippen LogP contribution in [0.3, 0.4) is 0 Å². The molecule has 0 radical (unpaired) electrons. The summed E-state index contributed by atoms with van der Waals surface area (Å²) in [5.74, 6) is 1.42. The molecule has 0 unspecified atom stereocenters. The molecule has 3 heterocycles. The third-order valence-corrected chi connectivity index (χ3v) is 4.46. The van der Waals surface area contributed by atoms with E-state index in [1.807, 2.05) is 12.3 Å². The summed E-state index contributed by atoms with van der Waals surface area (Å²) >= 11 is 0. The smallest absolute Gasteiger partial charge is 0.233 e. The number of hydrogen-bond donors (Lipinski definition) is 2. The molecule has 0 aromatic carbocycles. The van der Waals surface area contributed by atoms with E-state index in [4.69, 9.17) is 5.26 Å². The van der Waals surface area contributed by atoms with E-state index in [0.29, 0.717) is 5.92 Å². The predicted molar refractivity (Wildman–Crippen MR) is 92.8 cm³/mol. The van der Waals surface area contributed by atoms with Gasteiger partial charge in [-0.25, -0.2) is 4.98 Å². The van der Waals surface area contributed by atoms with Gasteiger partial charge in [-0.1, -0.05) is 19.3 Å². The lowest BCUT2D eigenvalue weighted by molar-refractivity contribution is -0.119. The van der Waals surface area contributed by atoms with Gasteiger partial charge in [0.2, 0.25) is 5.91 Å². The molecule has 0 aliphatic heterocycles. The summed E-state index contributed by atoms with van der Waals surface area (Å²) in [4.78, 5) is 17.6. The fourth-order valence-electron chi connectivity index (χ4n) is 3.18. The molecule has 25 heavy (non-hydrogen) atoms. The normalized spacial score (nSPS) is 14.7. The molecule has 130 valence electrons. The van der Waals surface area contributed by atoms with Gasteiger partial charge in [-0.3, -0.25) is 9.20 Å². The number of hydrogen-bond acceptors (Lipinski definition) is 5. The van der Waals surface area contributed by atoms with Gasteiger partial charge in [0, 0.05) is 19.2 Å². The Kier molecular flexibility index (Phi) is 5.23. The predicted octanol–water partition coefficient (Wildman–Crippen LogP) is 2.30. The minimum Gasteiger partial charge on any atom is -0.358 e. The first-order valence-corrected chi connectivity index (χ1v) is 8.49. The van der Waals surface area contributed by atoms with Crippen molar-refractivity contribution < 1.29 is 4.79 Å². The molecule has 0 spiro atoms. The van der Waals surface area contributed by atoms with Crippen LogP contribution in [0.2, 0.25) is 0 Å². The third-order valence-electron chi connectivity index (χ3n) is 4.46. The fourth-order valence-corrected chi connectivity index (χ4v) is 3.18. The first-order chi connectivity index (χ1) is 12.2. The molecule has 0 saturated heterocycles. The van der Waals surface area contributed by atoms with Gasteiger partial charge in [0.15, 0.2) is 11.3 Å². The first-order valence-electron chi connectivity index (χ1n) is 8.49. The van der Waals surface area contributed by atoms with Crippen molar-refractivity contribution in [1.82, 2.24) is 29.9 Å². The van der Waals surface area contributed by atoms with E-state index in [9.17, 15) is 4.79 Å². The Labute approximate surface area is 145 Å². The number of aromatic amines is 1. The summed E-state index contributed by atoms with van der Waals surface area (Å²) in [6, 6.07) is 3.75. The van der Waals surface area contributed by atoms with Crippen LogP contribution >= 0.6 is 0 Å². The lowest BCUT2D eigenvalue weighted by Gasteiger charge is -2.19. The molecule has 1 aliphatic carbocycles. The van der Waals surface area contributed by atoms with Gasteiger partial charge in [0.1, 0.15) is 12.2 Å². The van der Waals surface area contributed by atoms with Gasteiger partial charge in [0.25, 0.3) is 0 Å². The second kappa shape index (κ2) is 7.75. The van der Waals surface area contributed by atoms with Crippen LogP contribution in [-0.4, -0.2) is 37.5 Å². The summed E-state index contributed by atoms with van der Waals surface area (Å²) in [5.41, 5.74) is 2.83. The van der Waals surface area contributed by atoms with Crippen LogP contribution in [0, 0.1) is 11.3 Å². The summed E-state index contributed by atoms with van der Waals surface area (Å²) < 4.78 is 2.16. The molecule has 8 heteroatoms. The maximum atomic E-state index is 10.1. The van der Waals surface area contributed by atoms with E-state index in [1.54, 1.807) is 12.3 Å². The second-order valence-electron chi connectivity index (χ2n) is 6.06. The summed E-state index contributed by atoms with van der Waals surface area (Å²) in [7, 11) is 1.50. The number of aromatic nitrogens is 5. The molecule has 3 aromatic rings.